The number of nitrogens with one attached hydrogen (secondary N) is 1. The summed E-state index contributed by atoms with van der Waals surface area (Å²) < 4.78 is 18.3. The Morgan fingerprint density at radius 1 is 1.50 bits per heavy atom. The van der Waals surface area contributed by atoms with Crippen LogP contribution in [0.1, 0.15) is 0 Å². The van der Waals surface area contributed by atoms with Gasteiger partial charge in [0.25, 0.3) is 0 Å². The van der Waals surface area contributed by atoms with Crippen LogP contribution < -0.4 is 16.0 Å². The highest BCUT2D eigenvalue weighted by atomic mass is 32.1. The number of hydrogen-bond donors (Lipinski definition) is 2. The molecule has 1 heterocycles. The van der Waals surface area contributed by atoms with E-state index in [2.05, 4.69) is 10.4 Å². The molecule has 0 aliphatic rings. The fourth-order valence-electron chi connectivity index (χ4n) is 1.27. The number of hydrazine groups is 1. The average Bonchev–Trinajstić information content (AvgIpc) is 2.77. The van der Waals surface area contributed by atoms with E-state index in [9.17, 15) is 4.39 Å². The number of rotatable bonds is 3. The van der Waals surface area contributed by atoms with Gasteiger partial charge in [0.1, 0.15) is 5.01 Å². The number of benzene rings is 1. The Morgan fingerprint density at radius 3 is 2.88 bits per heavy atom. The summed E-state index contributed by atoms with van der Waals surface area (Å²) in [6.07, 6.45) is 0. The maximum absolute atomic E-state index is 13.4. The van der Waals surface area contributed by atoms with Gasteiger partial charge in [-0.15, -0.1) is 11.3 Å². The highest BCUT2D eigenvalue weighted by Gasteiger charge is 2.08. The van der Waals surface area contributed by atoms with Gasteiger partial charge in [-0.2, -0.15) is 0 Å². The van der Waals surface area contributed by atoms with Gasteiger partial charge in [-0.3, -0.25) is 0 Å². The Balaban J connectivity index is 2.37. The van der Waals surface area contributed by atoms with Crippen molar-refractivity contribution in [2.75, 3.05) is 12.5 Å². The predicted octanol–water partition coefficient (Wildman–Crippen LogP) is 2.24. The first-order chi connectivity index (χ1) is 7.74. The third-order valence-corrected chi connectivity index (χ3v) is 2.94. The SMILES string of the molecule is COc1ccc(-c2nc(NN)cs2)cc1F. The largest absolute Gasteiger partial charge is 0.494 e. The van der Waals surface area contributed by atoms with Crippen molar-refractivity contribution in [2.24, 2.45) is 5.84 Å². The zero-order valence-corrected chi connectivity index (χ0v) is 9.34. The summed E-state index contributed by atoms with van der Waals surface area (Å²) in [5.41, 5.74) is 3.13. The normalized spacial score (nSPS) is 10.2. The van der Waals surface area contributed by atoms with Crippen molar-refractivity contribution < 1.29 is 9.13 Å². The topological polar surface area (TPSA) is 60.2 Å². The number of hydrogen-bond acceptors (Lipinski definition) is 5. The zero-order chi connectivity index (χ0) is 11.5. The van der Waals surface area contributed by atoms with E-state index in [0.717, 1.165) is 0 Å². The molecule has 0 atom stereocenters. The second-order valence-corrected chi connectivity index (χ2v) is 3.89. The molecular formula is C10H10FN3OS. The molecule has 0 unspecified atom stereocenters. The summed E-state index contributed by atoms with van der Waals surface area (Å²) in [4.78, 5) is 4.17. The molecular weight excluding hydrogens is 229 g/mol. The van der Waals surface area contributed by atoms with E-state index in [4.69, 9.17) is 10.6 Å². The van der Waals surface area contributed by atoms with Crippen LogP contribution in [0.3, 0.4) is 0 Å². The van der Waals surface area contributed by atoms with Gasteiger partial charge < -0.3 is 10.2 Å². The number of thiazole rings is 1. The highest BCUT2D eigenvalue weighted by Crippen LogP contribution is 2.28. The second kappa shape index (κ2) is 4.46. The quantitative estimate of drug-likeness (QED) is 0.637. The summed E-state index contributed by atoms with van der Waals surface area (Å²) in [6.45, 7) is 0. The number of aromatic nitrogens is 1. The molecule has 84 valence electrons. The number of halogens is 1. The third-order valence-electron chi connectivity index (χ3n) is 2.05. The molecule has 0 aliphatic carbocycles. The van der Waals surface area contributed by atoms with E-state index in [0.29, 0.717) is 16.4 Å². The van der Waals surface area contributed by atoms with Crippen LogP contribution in [0.2, 0.25) is 0 Å². The van der Waals surface area contributed by atoms with Crippen LogP contribution in [-0.4, -0.2) is 12.1 Å². The zero-order valence-electron chi connectivity index (χ0n) is 8.53. The minimum Gasteiger partial charge on any atom is -0.494 e. The van der Waals surface area contributed by atoms with Gasteiger partial charge in [0, 0.05) is 10.9 Å². The van der Waals surface area contributed by atoms with Crippen molar-refractivity contribution in [3.8, 4) is 16.3 Å². The van der Waals surface area contributed by atoms with E-state index >= 15 is 0 Å². The van der Waals surface area contributed by atoms with Crippen molar-refractivity contribution >= 4 is 17.2 Å². The van der Waals surface area contributed by atoms with E-state index < -0.39 is 5.82 Å². The predicted molar refractivity (Wildman–Crippen MR) is 61.9 cm³/mol. The van der Waals surface area contributed by atoms with Crippen LogP contribution >= 0.6 is 11.3 Å². The van der Waals surface area contributed by atoms with Crippen molar-refractivity contribution in [1.82, 2.24) is 4.98 Å². The summed E-state index contributed by atoms with van der Waals surface area (Å²) in [5.74, 6) is 5.60. The molecule has 4 nitrogen and oxygen atoms in total. The Hall–Kier alpha value is -1.66. The van der Waals surface area contributed by atoms with Crippen molar-refractivity contribution in [3.05, 3.63) is 29.4 Å². The molecule has 3 N–H and O–H groups in total. The minimum absolute atomic E-state index is 0.220. The molecule has 0 saturated heterocycles. The molecule has 0 saturated carbocycles. The molecule has 0 radical (unpaired) electrons. The lowest BCUT2D eigenvalue weighted by Crippen LogP contribution is -2.06. The molecule has 2 aromatic rings. The lowest BCUT2D eigenvalue weighted by atomic mass is 10.2. The molecule has 0 fully saturated rings. The average molecular weight is 239 g/mol. The van der Waals surface area contributed by atoms with Crippen LogP contribution in [0, 0.1) is 5.82 Å². The van der Waals surface area contributed by atoms with Gasteiger partial charge in [0.2, 0.25) is 0 Å². The van der Waals surface area contributed by atoms with Crippen molar-refractivity contribution in [1.29, 1.82) is 0 Å². The molecule has 0 spiro atoms. The van der Waals surface area contributed by atoms with Crippen LogP contribution in [-0.2, 0) is 0 Å². The molecule has 0 amide bonds. The van der Waals surface area contributed by atoms with Crippen LogP contribution in [0.15, 0.2) is 23.6 Å². The standard InChI is InChI=1S/C10H10FN3OS/c1-15-8-3-2-6(4-7(8)11)10-13-9(14-12)5-16-10/h2-5,14H,12H2,1H3. The van der Waals surface area contributed by atoms with Crippen molar-refractivity contribution in [3.63, 3.8) is 0 Å². The number of anilines is 1. The molecule has 2 rings (SSSR count). The van der Waals surface area contributed by atoms with Gasteiger partial charge in [-0.05, 0) is 18.2 Å². The van der Waals surface area contributed by atoms with Crippen LogP contribution in [0.5, 0.6) is 5.75 Å². The maximum Gasteiger partial charge on any atom is 0.165 e. The number of nitrogens with two attached hydrogens (primary N) is 1. The summed E-state index contributed by atoms with van der Waals surface area (Å²) in [7, 11) is 1.43. The van der Waals surface area contributed by atoms with Gasteiger partial charge in [0.05, 0.1) is 7.11 Å². The van der Waals surface area contributed by atoms with Crippen LogP contribution in [0.25, 0.3) is 10.6 Å². The van der Waals surface area contributed by atoms with Gasteiger partial charge in [-0.25, -0.2) is 15.2 Å². The smallest absolute Gasteiger partial charge is 0.165 e. The number of nitrogens with zero attached hydrogens (tertiary/aromatic N) is 1. The Labute approximate surface area is 95.9 Å². The van der Waals surface area contributed by atoms with Crippen molar-refractivity contribution in [2.45, 2.75) is 0 Å². The first-order valence-corrected chi connectivity index (χ1v) is 5.38. The number of ether oxygens (including phenoxy) is 1. The lowest BCUT2D eigenvalue weighted by Gasteiger charge is -2.02. The fourth-order valence-corrected chi connectivity index (χ4v) is 2.03. The second-order valence-electron chi connectivity index (χ2n) is 3.03. The molecule has 1 aromatic heterocycles. The molecule has 6 heteroatoms. The first kappa shape index (κ1) is 10.8. The highest BCUT2D eigenvalue weighted by molar-refractivity contribution is 7.13. The number of methoxy groups -OCH3 is 1. The lowest BCUT2D eigenvalue weighted by molar-refractivity contribution is 0.386. The molecule has 0 aliphatic heterocycles. The number of nitrogen functional groups attached to an aromatic ring is 1. The van der Waals surface area contributed by atoms with Gasteiger partial charge in [0.15, 0.2) is 17.4 Å². The maximum atomic E-state index is 13.4. The third kappa shape index (κ3) is 1.98. The Kier molecular flexibility index (Phi) is 3.02. The Bertz CT molecular complexity index is 501. The van der Waals surface area contributed by atoms with E-state index in [-0.39, 0.29) is 5.75 Å². The fraction of sp³-hybridized carbons (Fsp3) is 0.100. The molecule has 16 heavy (non-hydrogen) atoms. The summed E-state index contributed by atoms with van der Waals surface area (Å²) in [5, 5.41) is 2.46. The summed E-state index contributed by atoms with van der Waals surface area (Å²) in [6, 6.07) is 4.71. The summed E-state index contributed by atoms with van der Waals surface area (Å²) >= 11 is 1.39. The minimum atomic E-state index is -0.405. The van der Waals surface area contributed by atoms with Gasteiger partial charge >= 0.3 is 0 Å². The van der Waals surface area contributed by atoms with E-state index in [1.165, 1.54) is 24.5 Å². The Morgan fingerprint density at radius 2 is 2.31 bits per heavy atom. The van der Waals surface area contributed by atoms with Crippen LogP contribution in [0.4, 0.5) is 10.2 Å². The van der Waals surface area contributed by atoms with E-state index in [1.807, 2.05) is 0 Å². The van der Waals surface area contributed by atoms with Gasteiger partial charge in [-0.1, -0.05) is 0 Å². The monoisotopic (exact) mass is 239 g/mol. The molecule has 0 bridgehead atoms. The first-order valence-electron chi connectivity index (χ1n) is 4.50. The van der Waals surface area contributed by atoms with E-state index in [1.54, 1.807) is 17.5 Å². The molecule has 1 aromatic carbocycles.